The molecule has 142 valence electrons. The molecule has 0 saturated heterocycles. The number of allylic oxidation sites excluding steroid dienone is 2. The second-order valence-corrected chi connectivity index (χ2v) is 6.65. The monoisotopic (exact) mass is 379 g/mol. The van der Waals surface area contributed by atoms with Crippen LogP contribution in [-0.2, 0) is 0 Å². The van der Waals surface area contributed by atoms with Crippen LogP contribution in [0.2, 0.25) is 0 Å². The molecule has 1 heterocycles. The zero-order valence-electron chi connectivity index (χ0n) is 16.0. The van der Waals surface area contributed by atoms with Gasteiger partial charge in [0, 0.05) is 23.4 Å². The first-order valence-corrected chi connectivity index (χ1v) is 9.67. The number of unbranched alkanes of at least 4 members (excludes halogenated alkanes) is 1. The fourth-order valence-electron chi connectivity index (χ4n) is 3.29. The van der Waals surface area contributed by atoms with Gasteiger partial charge in [-0.2, -0.15) is 5.26 Å². The Morgan fingerprint density at radius 2 is 1.72 bits per heavy atom. The van der Waals surface area contributed by atoms with Gasteiger partial charge >= 0.3 is 0 Å². The number of rotatable bonds is 7. The number of para-hydroxylation sites is 1. The molecule has 0 atom stereocenters. The number of nitrogens with zero attached hydrogens (tertiary/aromatic N) is 3. The zero-order valence-corrected chi connectivity index (χ0v) is 16.0. The molecule has 4 rings (SSSR count). The van der Waals surface area contributed by atoms with Crippen LogP contribution >= 0.6 is 0 Å². The first-order valence-electron chi connectivity index (χ1n) is 9.67. The van der Waals surface area contributed by atoms with E-state index in [0.29, 0.717) is 6.61 Å². The van der Waals surface area contributed by atoms with E-state index in [1.165, 1.54) is 6.08 Å². The van der Waals surface area contributed by atoms with Gasteiger partial charge in [0.05, 0.1) is 23.7 Å². The number of ether oxygens (including phenoxy) is 1. The molecular formula is C25H21N3O. The van der Waals surface area contributed by atoms with Gasteiger partial charge in [0.15, 0.2) is 0 Å². The van der Waals surface area contributed by atoms with Gasteiger partial charge in [0.2, 0.25) is 0 Å². The Kier molecular flexibility index (Phi) is 5.68. The quantitative estimate of drug-likeness (QED) is 0.295. The second kappa shape index (κ2) is 8.90. The predicted octanol–water partition coefficient (Wildman–Crippen LogP) is 5.93. The van der Waals surface area contributed by atoms with Crippen molar-refractivity contribution in [3.05, 3.63) is 91.0 Å². The molecule has 4 aromatic rings. The molecule has 0 N–H and O–H groups in total. The van der Waals surface area contributed by atoms with Crippen LogP contribution < -0.4 is 4.74 Å². The van der Waals surface area contributed by atoms with E-state index < -0.39 is 0 Å². The van der Waals surface area contributed by atoms with Crippen LogP contribution in [0.3, 0.4) is 0 Å². The maximum atomic E-state index is 8.53. The van der Waals surface area contributed by atoms with E-state index in [1.54, 1.807) is 0 Å². The summed E-state index contributed by atoms with van der Waals surface area (Å²) in [6.07, 6.45) is 5.07. The van der Waals surface area contributed by atoms with Crippen molar-refractivity contribution in [2.45, 2.75) is 12.8 Å². The Bertz CT molecular complexity index is 1160. The smallest absolute Gasteiger partial charge is 0.145 e. The molecule has 0 radical (unpaired) electrons. The second-order valence-electron chi connectivity index (χ2n) is 6.65. The largest absolute Gasteiger partial charge is 0.494 e. The van der Waals surface area contributed by atoms with Crippen LogP contribution in [0.1, 0.15) is 12.8 Å². The molecule has 0 amide bonds. The number of hydrogen-bond acceptors (Lipinski definition) is 3. The molecule has 0 fully saturated rings. The minimum atomic E-state index is 0.603. The zero-order chi connectivity index (χ0) is 19.9. The standard InChI is InChI=1S/C25H21N3O/c26-17-9-1-2-10-18-29-22-15-16-23-24(19-22)28(21-13-7-4-8-14-21)25(27-23)20-11-5-3-6-12-20/h1,3-9,11-16,19H,2,10,18H2. The van der Waals surface area contributed by atoms with Crippen LogP contribution in [0.25, 0.3) is 28.1 Å². The molecular weight excluding hydrogens is 358 g/mol. The van der Waals surface area contributed by atoms with Gasteiger partial charge in [0.25, 0.3) is 0 Å². The summed E-state index contributed by atoms with van der Waals surface area (Å²) in [4.78, 5) is 4.90. The highest BCUT2D eigenvalue weighted by atomic mass is 16.5. The highest BCUT2D eigenvalue weighted by molar-refractivity contribution is 5.84. The van der Waals surface area contributed by atoms with Crippen molar-refractivity contribution < 1.29 is 4.74 Å². The van der Waals surface area contributed by atoms with Crippen molar-refractivity contribution in [2.75, 3.05) is 6.61 Å². The van der Waals surface area contributed by atoms with Crippen molar-refractivity contribution in [1.29, 1.82) is 5.26 Å². The van der Waals surface area contributed by atoms with E-state index in [4.69, 9.17) is 15.0 Å². The maximum Gasteiger partial charge on any atom is 0.145 e. The molecule has 4 heteroatoms. The van der Waals surface area contributed by atoms with Gasteiger partial charge in [-0.3, -0.25) is 4.57 Å². The summed E-state index contributed by atoms with van der Waals surface area (Å²) < 4.78 is 8.12. The predicted molar refractivity (Wildman–Crippen MR) is 116 cm³/mol. The van der Waals surface area contributed by atoms with E-state index in [-0.39, 0.29) is 0 Å². The van der Waals surface area contributed by atoms with E-state index in [0.717, 1.165) is 46.7 Å². The van der Waals surface area contributed by atoms with Crippen LogP contribution in [0, 0.1) is 11.3 Å². The summed E-state index contributed by atoms with van der Waals surface area (Å²) in [5.41, 5.74) is 4.07. The molecule has 0 saturated carbocycles. The number of benzene rings is 3. The summed E-state index contributed by atoms with van der Waals surface area (Å²) in [7, 11) is 0. The van der Waals surface area contributed by atoms with E-state index in [2.05, 4.69) is 28.8 Å². The Hall–Kier alpha value is -3.84. The number of imidazole rings is 1. The Morgan fingerprint density at radius 3 is 2.48 bits per heavy atom. The topological polar surface area (TPSA) is 50.8 Å². The van der Waals surface area contributed by atoms with Gasteiger partial charge in [0.1, 0.15) is 11.6 Å². The molecule has 0 spiro atoms. The number of aromatic nitrogens is 2. The van der Waals surface area contributed by atoms with Gasteiger partial charge in [-0.1, -0.05) is 54.6 Å². The van der Waals surface area contributed by atoms with Crippen molar-refractivity contribution in [3.63, 3.8) is 0 Å². The summed E-state index contributed by atoms with van der Waals surface area (Å²) in [6.45, 7) is 0.603. The summed E-state index contributed by atoms with van der Waals surface area (Å²) >= 11 is 0. The van der Waals surface area contributed by atoms with E-state index in [9.17, 15) is 0 Å². The maximum absolute atomic E-state index is 8.53. The molecule has 4 nitrogen and oxygen atoms in total. The number of nitriles is 1. The minimum absolute atomic E-state index is 0.603. The number of hydrogen-bond donors (Lipinski definition) is 0. The Morgan fingerprint density at radius 1 is 0.966 bits per heavy atom. The molecule has 0 aliphatic rings. The van der Waals surface area contributed by atoms with Crippen molar-refractivity contribution >= 4 is 11.0 Å². The molecule has 29 heavy (non-hydrogen) atoms. The average molecular weight is 379 g/mol. The third kappa shape index (κ3) is 4.20. The van der Waals surface area contributed by atoms with Crippen molar-refractivity contribution in [3.8, 4) is 28.9 Å². The third-order valence-electron chi connectivity index (χ3n) is 4.65. The lowest BCUT2D eigenvalue weighted by molar-refractivity contribution is 0.312. The highest BCUT2D eigenvalue weighted by Crippen LogP contribution is 2.30. The van der Waals surface area contributed by atoms with Crippen LogP contribution in [0.15, 0.2) is 91.0 Å². The molecule has 3 aromatic carbocycles. The lowest BCUT2D eigenvalue weighted by Gasteiger charge is -2.10. The lowest BCUT2D eigenvalue weighted by Crippen LogP contribution is -1.99. The Labute approximate surface area is 170 Å². The fourth-order valence-corrected chi connectivity index (χ4v) is 3.29. The molecule has 0 bridgehead atoms. The SMILES string of the molecule is N#CC=CCCCOc1ccc2nc(-c3ccccc3)n(-c3ccccc3)c2c1. The molecule has 0 aliphatic carbocycles. The van der Waals surface area contributed by atoms with Crippen molar-refractivity contribution in [1.82, 2.24) is 9.55 Å². The van der Waals surface area contributed by atoms with Crippen LogP contribution in [0.5, 0.6) is 5.75 Å². The van der Waals surface area contributed by atoms with Gasteiger partial charge in [-0.25, -0.2) is 4.98 Å². The van der Waals surface area contributed by atoms with E-state index in [1.807, 2.05) is 66.7 Å². The highest BCUT2D eigenvalue weighted by Gasteiger charge is 2.14. The lowest BCUT2D eigenvalue weighted by atomic mass is 10.2. The first-order chi connectivity index (χ1) is 14.4. The number of fused-ring (bicyclic) bond motifs is 1. The summed E-state index contributed by atoms with van der Waals surface area (Å²) in [6, 6.07) is 28.5. The van der Waals surface area contributed by atoms with Gasteiger partial charge in [-0.05, 0) is 37.1 Å². The molecule has 0 unspecified atom stereocenters. The van der Waals surface area contributed by atoms with E-state index >= 15 is 0 Å². The summed E-state index contributed by atoms with van der Waals surface area (Å²) in [5.74, 6) is 1.73. The fraction of sp³-hybridized carbons (Fsp3) is 0.120. The van der Waals surface area contributed by atoms with Crippen LogP contribution in [0.4, 0.5) is 0 Å². The third-order valence-corrected chi connectivity index (χ3v) is 4.65. The minimum Gasteiger partial charge on any atom is -0.494 e. The van der Waals surface area contributed by atoms with Gasteiger partial charge < -0.3 is 4.74 Å². The van der Waals surface area contributed by atoms with Crippen molar-refractivity contribution in [2.24, 2.45) is 0 Å². The first kappa shape index (κ1) is 18.5. The average Bonchev–Trinajstić information content (AvgIpc) is 3.16. The van der Waals surface area contributed by atoms with Gasteiger partial charge in [-0.15, -0.1) is 0 Å². The Balaban J connectivity index is 1.70. The van der Waals surface area contributed by atoms with Crippen LogP contribution in [-0.4, -0.2) is 16.2 Å². The summed E-state index contributed by atoms with van der Waals surface area (Å²) in [5, 5.41) is 8.53. The normalized spacial score (nSPS) is 11.0. The molecule has 0 aliphatic heterocycles. The molecule has 1 aromatic heterocycles.